The molecule has 0 unspecified atom stereocenters. The summed E-state index contributed by atoms with van der Waals surface area (Å²) in [5.74, 6) is 1.33. The van der Waals surface area contributed by atoms with E-state index < -0.39 is 10.0 Å². The van der Waals surface area contributed by atoms with Gasteiger partial charge in [-0.05, 0) is 37.3 Å². The van der Waals surface area contributed by atoms with Crippen LogP contribution in [0.25, 0.3) is 11.0 Å². The first-order chi connectivity index (χ1) is 12.4. The van der Waals surface area contributed by atoms with E-state index >= 15 is 0 Å². The lowest BCUT2D eigenvalue weighted by Crippen LogP contribution is -2.11. The van der Waals surface area contributed by atoms with Crippen LogP contribution < -0.4 is 9.88 Å². The first kappa shape index (κ1) is 19.0. The SMILES string of the molecule is CCn1c(SCCOc2ccccc2Cl)nc2cc(S(N)(=O)=O)ccc21. The molecule has 138 valence electrons. The minimum atomic E-state index is -3.75. The number of halogens is 1. The molecule has 2 aromatic carbocycles. The number of para-hydroxylation sites is 1. The zero-order chi connectivity index (χ0) is 18.7. The Kier molecular flexibility index (Phi) is 5.76. The fourth-order valence-corrected chi connectivity index (χ4v) is 4.15. The maximum atomic E-state index is 11.5. The number of imidazole rings is 1. The van der Waals surface area contributed by atoms with E-state index in [9.17, 15) is 8.42 Å². The Morgan fingerprint density at radius 2 is 2.04 bits per heavy atom. The van der Waals surface area contributed by atoms with Crippen LogP contribution in [0.4, 0.5) is 0 Å². The van der Waals surface area contributed by atoms with E-state index in [1.54, 1.807) is 12.1 Å². The maximum absolute atomic E-state index is 11.5. The number of nitrogens with two attached hydrogens (primary N) is 1. The lowest BCUT2D eigenvalue weighted by molar-refractivity contribution is 0.344. The van der Waals surface area contributed by atoms with Crippen LogP contribution in [0.3, 0.4) is 0 Å². The molecule has 26 heavy (non-hydrogen) atoms. The highest BCUT2D eigenvalue weighted by molar-refractivity contribution is 7.99. The van der Waals surface area contributed by atoms with Gasteiger partial charge in [0, 0.05) is 12.3 Å². The topological polar surface area (TPSA) is 87.2 Å². The molecule has 0 saturated carbocycles. The monoisotopic (exact) mass is 411 g/mol. The number of aromatic nitrogens is 2. The Morgan fingerprint density at radius 3 is 2.73 bits per heavy atom. The van der Waals surface area contributed by atoms with Crippen molar-refractivity contribution in [2.45, 2.75) is 23.5 Å². The third-order valence-electron chi connectivity index (χ3n) is 3.74. The van der Waals surface area contributed by atoms with Crippen molar-refractivity contribution in [1.29, 1.82) is 0 Å². The molecule has 3 aromatic rings. The molecular weight excluding hydrogens is 394 g/mol. The van der Waals surface area contributed by atoms with Crippen LogP contribution in [0.5, 0.6) is 5.75 Å². The molecule has 0 spiro atoms. The Balaban J connectivity index is 1.74. The summed E-state index contributed by atoms with van der Waals surface area (Å²) in [6, 6.07) is 12.1. The van der Waals surface area contributed by atoms with Crippen molar-refractivity contribution in [2.75, 3.05) is 12.4 Å². The van der Waals surface area contributed by atoms with E-state index in [1.807, 2.05) is 29.7 Å². The van der Waals surface area contributed by atoms with Crippen LogP contribution in [-0.2, 0) is 16.6 Å². The lowest BCUT2D eigenvalue weighted by Gasteiger charge is -2.08. The minimum Gasteiger partial charge on any atom is -0.491 e. The Morgan fingerprint density at radius 1 is 1.27 bits per heavy atom. The predicted octanol–water partition coefficient (Wildman–Crippen LogP) is 3.53. The molecule has 0 saturated heterocycles. The summed E-state index contributed by atoms with van der Waals surface area (Å²) >= 11 is 7.60. The smallest absolute Gasteiger partial charge is 0.238 e. The van der Waals surface area contributed by atoms with Gasteiger partial charge in [-0.1, -0.05) is 35.5 Å². The molecule has 2 N–H and O–H groups in total. The fourth-order valence-electron chi connectivity index (χ4n) is 2.53. The molecule has 0 atom stereocenters. The first-order valence-corrected chi connectivity index (χ1v) is 10.8. The van der Waals surface area contributed by atoms with Gasteiger partial charge in [-0.2, -0.15) is 0 Å². The van der Waals surface area contributed by atoms with Crippen LogP contribution in [-0.4, -0.2) is 30.3 Å². The van der Waals surface area contributed by atoms with Crippen LogP contribution in [0, 0.1) is 0 Å². The molecule has 0 bridgehead atoms. The number of benzene rings is 2. The Hall–Kier alpha value is -1.74. The standard InChI is InChI=1S/C17H18ClN3O3S2/c1-2-21-15-8-7-12(26(19,22)23)11-14(15)20-17(21)25-10-9-24-16-6-4-3-5-13(16)18/h3-8,11H,2,9-10H2,1H3,(H2,19,22,23). The molecule has 0 aliphatic carbocycles. The van der Waals surface area contributed by atoms with Gasteiger partial charge in [0.1, 0.15) is 5.75 Å². The van der Waals surface area contributed by atoms with Gasteiger partial charge in [0.2, 0.25) is 10.0 Å². The van der Waals surface area contributed by atoms with Crippen LogP contribution in [0.2, 0.25) is 5.02 Å². The lowest BCUT2D eigenvalue weighted by atomic mass is 10.3. The number of fused-ring (bicyclic) bond motifs is 1. The number of thioether (sulfide) groups is 1. The number of ether oxygens (including phenoxy) is 1. The average Bonchev–Trinajstić information content (AvgIpc) is 2.96. The molecule has 3 rings (SSSR count). The van der Waals surface area contributed by atoms with Crippen molar-refractivity contribution < 1.29 is 13.2 Å². The Labute approximate surface area is 161 Å². The summed E-state index contributed by atoms with van der Waals surface area (Å²) in [5, 5.41) is 6.58. The van der Waals surface area contributed by atoms with Gasteiger partial charge in [-0.3, -0.25) is 0 Å². The van der Waals surface area contributed by atoms with Crippen molar-refractivity contribution >= 4 is 44.4 Å². The highest BCUT2D eigenvalue weighted by atomic mass is 35.5. The third-order valence-corrected chi connectivity index (χ3v) is 5.90. The largest absolute Gasteiger partial charge is 0.491 e. The van der Waals surface area contributed by atoms with Crippen molar-refractivity contribution in [2.24, 2.45) is 5.14 Å². The highest BCUT2D eigenvalue weighted by Crippen LogP contribution is 2.27. The number of primary sulfonamides is 1. The van der Waals surface area contributed by atoms with Gasteiger partial charge in [-0.25, -0.2) is 18.5 Å². The summed E-state index contributed by atoms with van der Waals surface area (Å²) in [5.41, 5.74) is 1.47. The van der Waals surface area contributed by atoms with Crippen molar-refractivity contribution in [3.05, 3.63) is 47.5 Å². The molecule has 1 aromatic heterocycles. The maximum Gasteiger partial charge on any atom is 0.238 e. The summed E-state index contributed by atoms with van der Waals surface area (Å²) in [4.78, 5) is 4.60. The summed E-state index contributed by atoms with van der Waals surface area (Å²) in [7, 11) is -3.75. The van der Waals surface area contributed by atoms with Crippen molar-refractivity contribution in [1.82, 2.24) is 9.55 Å². The second-order valence-corrected chi connectivity index (χ2v) is 8.49. The van der Waals surface area contributed by atoms with Crippen molar-refractivity contribution in [3.8, 4) is 5.75 Å². The number of sulfonamides is 1. The summed E-state index contributed by atoms with van der Waals surface area (Å²) in [6.45, 7) is 3.21. The second kappa shape index (κ2) is 7.87. The van der Waals surface area contributed by atoms with Crippen LogP contribution >= 0.6 is 23.4 Å². The van der Waals surface area contributed by atoms with E-state index in [2.05, 4.69) is 4.98 Å². The van der Waals surface area contributed by atoms with Gasteiger partial charge in [0.25, 0.3) is 0 Å². The van der Waals surface area contributed by atoms with E-state index in [-0.39, 0.29) is 4.90 Å². The zero-order valence-corrected chi connectivity index (χ0v) is 16.4. The van der Waals surface area contributed by atoms with E-state index in [1.165, 1.54) is 23.9 Å². The molecule has 0 aliphatic heterocycles. The van der Waals surface area contributed by atoms with E-state index in [0.717, 1.165) is 17.2 Å². The van der Waals surface area contributed by atoms with Crippen LogP contribution in [0.1, 0.15) is 6.92 Å². The van der Waals surface area contributed by atoms with Gasteiger partial charge in [0.05, 0.1) is 27.6 Å². The minimum absolute atomic E-state index is 0.0596. The normalized spacial score (nSPS) is 11.8. The predicted molar refractivity (Wildman–Crippen MR) is 104 cm³/mol. The molecule has 0 radical (unpaired) electrons. The molecular formula is C17H18ClN3O3S2. The number of hydrogen-bond acceptors (Lipinski definition) is 5. The third kappa shape index (κ3) is 4.15. The number of hydrogen-bond donors (Lipinski definition) is 1. The molecule has 6 nitrogen and oxygen atoms in total. The average molecular weight is 412 g/mol. The molecule has 9 heteroatoms. The number of rotatable bonds is 7. The fraction of sp³-hybridized carbons (Fsp3) is 0.235. The van der Waals surface area contributed by atoms with E-state index in [4.69, 9.17) is 21.5 Å². The summed E-state index contributed by atoms with van der Waals surface area (Å²) in [6.07, 6.45) is 0. The molecule has 0 amide bonds. The zero-order valence-electron chi connectivity index (χ0n) is 14.1. The first-order valence-electron chi connectivity index (χ1n) is 7.93. The van der Waals surface area contributed by atoms with Gasteiger partial charge >= 0.3 is 0 Å². The number of nitrogens with zero attached hydrogens (tertiary/aromatic N) is 2. The summed E-state index contributed by atoms with van der Waals surface area (Å²) < 4.78 is 30.8. The highest BCUT2D eigenvalue weighted by Gasteiger charge is 2.14. The van der Waals surface area contributed by atoms with E-state index in [0.29, 0.717) is 28.6 Å². The van der Waals surface area contributed by atoms with Crippen molar-refractivity contribution in [3.63, 3.8) is 0 Å². The van der Waals surface area contributed by atoms with Gasteiger partial charge in [0.15, 0.2) is 5.16 Å². The second-order valence-electron chi connectivity index (χ2n) is 5.46. The Bertz CT molecular complexity index is 1030. The van der Waals surface area contributed by atoms with Crippen LogP contribution in [0.15, 0.2) is 52.5 Å². The molecule has 1 heterocycles. The molecule has 0 fully saturated rings. The quantitative estimate of drug-likeness (QED) is 0.474. The van der Waals surface area contributed by atoms with Gasteiger partial charge in [-0.15, -0.1) is 0 Å². The number of aryl methyl sites for hydroxylation is 1. The van der Waals surface area contributed by atoms with Gasteiger partial charge < -0.3 is 9.30 Å². The molecule has 0 aliphatic rings.